The Labute approximate surface area is 208 Å². The molecule has 1 saturated heterocycles. The van der Waals surface area contributed by atoms with Gasteiger partial charge in [-0.15, -0.1) is 0 Å². The molecule has 0 unspecified atom stereocenters. The van der Waals surface area contributed by atoms with Gasteiger partial charge in [-0.3, -0.25) is 14.5 Å². The fraction of sp³-hybridized carbons (Fsp3) is 0.346. The lowest BCUT2D eigenvalue weighted by atomic mass is 10.1. The van der Waals surface area contributed by atoms with E-state index in [0.717, 1.165) is 16.6 Å². The first-order chi connectivity index (χ1) is 17.4. The maximum atomic E-state index is 13.7. The monoisotopic (exact) mass is 487 g/mol. The molecule has 2 amide bonds. The molecule has 1 N–H and O–H groups in total. The van der Waals surface area contributed by atoms with Crippen LogP contribution in [0.5, 0.6) is 0 Å². The number of rotatable bonds is 6. The molecule has 4 heterocycles. The lowest BCUT2D eigenvalue weighted by Crippen LogP contribution is -2.50. The Hall–Kier alpha value is -4.05. The summed E-state index contributed by atoms with van der Waals surface area (Å²) in [5, 5.41) is 11.8. The van der Waals surface area contributed by atoms with Gasteiger partial charge in [-0.1, -0.05) is 35.5 Å². The number of nitrogens with one attached hydrogen (secondary N) is 1. The second-order valence-corrected chi connectivity index (χ2v) is 9.28. The van der Waals surface area contributed by atoms with E-state index in [1.54, 1.807) is 19.2 Å². The molecule has 1 fully saturated rings. The molecule has 10 nitrogen and oxygen atoms in total. The summed E-state index contributed by atoms with van der Waals surface area (Å²) in [6, 6.07) is 13.5. The Bertz CT molecular complexity index is 1390. The molecule has 0 radical (unpaired) electrons. The van der Waals surface area contributed by atoms with Crippen LogP contribution in [0.2, 0.25) is 0 Å². The van der Waals surface area contributed by atoms with Crippen LogP contribution in [0.3, 0.4) is 0 Å². The number of anilines is 1. The minimum atomic E-state index is -0.160. The number of aryl methyl sites for hydroxylation is 1. The van der Waals surface area contributed by atoms with Gasteiger partial charge in [-0.2, -0.15) is 5.10 Å². The van der Waals surface area contributed by atoms with Crippen molar-refractivity contribution in [2.45, 2.75) is 26.8 Å². The van der Waals surface area contributed by atoms with Gasteiger partial charge in [0.05, 0.1) is 29.4 Å². The fourth-order valence-corrected chi connectivity index (χ4v) is 4.42. The molecule has 0 bridgehead atoms. The topological polar surface area (TPSA) is 109 Å². The second kappa shape index (κ2) is 9.90. The molecule has 5 rings (SSSR count). The van der Waals surface area contributed by atoms with E-state index in [4.69, 9.17) is 9.51 Å². The molecule has 1 aromatic carbocycles. The van der Waals surface area contributed by atoms with E-state index in [1.807, 2.05) is 64.7 Å². The number of hydrogen-bond donors (Lipinski definition) is 1. The van der Waals surface area contributed by atoms with E-state index in [-0.39, 0.29) is 24.4 Å². The van der Waals surface area contributed by atoms with Crippen molar-refractivity contribution in [3.8, 4) is 11.3 Å². The van der Waals surface area contributed by atoms with Crippen LogP contribution in [0.4, 0.5) is 5.82 Å². The summed E-state index contributed by atoms with van der Waals surface area (Å²) in [5.41, 5.74) is 2.99. The number of aromatic nitrogens is 4. The summed E-state index contributed by atoms with van der Waals surface area (Å²) in [4.78, 5) is 34.8. The number of pyridine rings is 1. The van der Waals surface area contributed by atoms with Gasteiger partial charge in [-0.05, 0) is 26.8 Å². The van der Waals surface area contributed by atoms with Gasteiger partial charge >= 0.3 is 0 Å². The van der Waals surface area contributed by atoms with E-state index in [0.29, 0.717) is 49.0 Å². The molecular formula is C26H29N7O3. The predicted octanol–water partition coefficient (Wildman–Crippen LogP) is 3.37. The maximum Gasteiger partial charge on any atom is 0.254 e. The molecule has 3 aromatic heterocycles. The first-order valence-corrected chi connectivity index (χ1v) is 12.1. The standard InChI is InChI=1S/C26H29N7O3/c1-17(2)33-25-21(15-27-33)20(14-22(28-25)19-7-5-4-6-8-19)26(35)32-11-9-31(10-12-32)16-24(34)29-23-13-18(3)36-30-23/h4-8,13-15,17H,9-12,16H2,1-3H3,(H,29,30,34). The normalized spacial score (nSPS) is 14.5. The van der Waals surface area contributed by atoms with Crippen LogP contribution < -0.4 is 5.32 Å². The first-order valence-electron chi connectivity index (χ1n) is 12.1. The zero-order valence-electron chi connectivity index (χ0n) is 20.6. The average Bonchev–Trinajstić information content (AvgIpc) is 3.49. The Kier molecular flexibility index (Phi) is 6.51. The number of nitrogens with zero attached hydrogens (tertiary/aromatic N) is 6. The molecule has 0 saturated carbocycles. The van der Waals surface area contributed by atoms with E-state index >= 15 is 0 Å². The second-order valence-electron chi connectivity index (χ2n) is 9.28. The van der Waals surface area contributed by atoms with Crippen LogP contribution in [0, 0.1) is 6.92 Å². The highest BCUT2D eigenvalue weighted by Gasteiger charge is 2.26. The zero-order chi connectivity index (χ0) is 25.2. The van der Waals surface area contributed by atoms with Crippen molar-refractivity contribution in [1.29, 1.82) is 0 Å². The third-order valence-corrected chi connectivity index (χ3v) is 6.28. The number of carbonyl (C=O) groups is 2. The molecule has 186 valence electrons. The minimum Gasteiger partial charge on any atom is -0.360 e. The van der Waals surface area contributed by atoms with Gasteiger partial charge in [0, 0.05) is 43.9 Å². The average molecular weight is 488 g/mol. The predicted molar refractivity (Wildman–Crippen MR) is 136 cm³/mol. The number of carbonyl (C=O) groups excluding carboxylic acids is 2. The number of fused-ring (bicyclic) bond motifs is 1. The number of hydrogen-bond acceptors (Lipinski definition) is 7. The van der Waals surface area contributed by atoms with Crippen molar-refractivity contribution in [2.75, 3.05) is 38.0 Å². The van der Waals surface area contributed by atoms with Crippen molar-refractivity contribution in [3.05, 3.63) is 60.0 Å². The lowest BCUT2D eigenvalue weighted by molar-refractivity contribution is -0.117. The molecule has 4 aromatic rings. The third kappa shape index (κ3) is 4.85. The lowest BCUT2D eigenvalue weighted by Gasteiger charge is -2.34. The van der Waals surface area contributed by atoms with Crippen molar-refractivity contribution in [1.82, 2.24) is 29.7 Å². The molecule has 10 heteroatoms. The van der Waals surface area contributed by atoms with Crippen LogP contribution in [0.15, 0.2) is 53.2 Å². The van der Waals surface area contributed by atoms with E-state index in [1.165, 1.54) is 0 Å². The van der Waals surface area contributed by atoms with Crippen molar-refractivity contribution in [3.63, 3.8) is 0 Å². The van der Waals surface area contributed by atoms with E-state index in [9.17, 15) is 9.59 Å². The Morgan fingerprint density at radius 3 is 2.50 bits per heavy atom. The van der Waals surface area contributed by atoms with Crippen molar-refractivity contribution in [2.24, 2.45) is 0 Å². The van der Waals surface area contributed by atoms with Gasteiger partial charge < -0.3 is 14.7 Å². The highest BCUT2D eigenvalue weighted by molar-refractivity contribution is 6.06. The van der Waals surface area contributed by atoms with Crippen LogP contribution in [-0.2, 0) is 4.79 Å². The minimum absolute atomic E-state index is 0.0509. The van der Waals surface area contributed by atoms with Crippen molar-refractivity contribution >= 4 is 28.7 Å². The molecular weight excluding hydrogens is 458 g/mol. The van der Waals surface area contributed by atoms with E-state index < -0.39 is 0 Å². The summed E-state index contributed by atoms with van der Waals surface area (Å²) in [6.45, 7) is 8.34. The Balaban J connectivity index is 1.32. The third-order valence-electron chi connectivity index (χ3n) is 6.28. The van der Waals surface area contributed by atoms with Gasteiger partial charge in [0.25, 0.3) is 5.91 Å². The fourth-order valence-electron chi connectivity index (χ4n) is 4.42. The van der Waals surface area contributed by atoms with Crippen LogP contribution in [-0.4, -0.2) is 74.3 Å². The molecule has 1 aliphatic rings. The quantitative estimate of drug-likeness (QED) is 0.444. The number of piperazine rings is 1. The molecule has 36 heavy (non-hydrogen) atoms. The molecule has 0 aliphatic carbocycles. The smallest absolute Gasteiger partial charge is 0.254 e. The molecule has 1 aliphatic heterocycles. The van der Waals surface area contributed by atoms with Crippen molar-refractivity contribution < 1.29 is 14.1 Å². The molecule has 0 atom stereocenters. The number of amides is 2. The summed E-state index contributed by atoms with van der Waals surface area (Å²) in [6.07, 6.45) is 1.73. The van der Waals surface area contributed by atoms with Gasteiger partial charge in [0.2, 0.25) is 5.91 Å². The largest absolute Gasteiger partial charge is 0.360 e. The van der Waals surface area contributed by atoms with Gasteiger partial charge in [0.1, 0.15) is 5.76 Å². The summed E-state index contributed by atoms with van der Waals surface area (Å²) in [7, 11) is 0. The highest BCUT2D eigenvalue weighted by Crippen LogP contribution is 2.27. The highest BCUT2D eigenvalue weighted by atomic mass is 16.5. The van der Waals surface area contributed by atoms with Gasteiger partial charge in [-0.25, -0.2) is 9.67 Å². The Morgan fingerprint density at radius 2 is 1.83 bits per heavy atom. The molecule has 0 spiro atoms. The van der Waals surface area contributed by atoms with Gasteiger partial charge in [0.15, 0.2) is 11.5 Å². The van der Waals surface area contributed by atoms with Crippen LogP contribution in [0.1, 0.15) is 36.0 Å². The zero-order valence-corrected chi connectivity index (χ0v) is 20.6. The summed E-state index contributed by atoms with van der Waals surface area (Å²) in [5.74, 6) is 0.832. The summed E-state index contributed by atoms with van der Waals surface area (Å²) < 4.78 is 6.84. The summed E-state index contributed by atoms with van der Waals surface area (Å²) >= 11 is 0. The Morgan fingerprint density at radius 1 is 1.08 bits per heavy atom. The SMILES string of the molecule is Cc1cc(NC(=O)CN2CCN(C(=O)c3cc(-c4ccccc4)nc4c3cnn4C(C)C)CC2)no1. The van der Waals surface area contributed by atoms with Crippen LogP contribution in [0.25, 0.3) is 22.3 Å². The van der Waals surface area contributed by atoms with Crippen LogP contribution >= 0.6 is 0 Å². The first kappa shape index (κ1) is 23.7. The van der Waals surface area contributed by atoms with E-state index in [2.05, 4.69) is 15.6 Å². The maximum absolute atomic E-state index is 13.7. The number of benzene rings is 1.